The van der Waals surface area contributed by atoms with Gasteiger partial charge in [0.05, 0.1) is 88.9 Å². The SMILES string of the molecule is c1ccc(-c2ccc3nc4n(-c5cc(-n6c7ccc(-c8ccccc8)cc7n7c8cc(-c9ccccc9)ccc8nc67)c(-n6c7ccccc7c7ccccc76)cc5-n5c6ccccc6c6ccccc65)c5ccc(-c6ccccc6)cc5n4c3c2)cc1. The van der Waals surface area contributed by atoms with E-state index in [1.807, 2.05) is 0 Å². The van der Waals surface area contributed by atoms with Crippen LogP contribution >= 0.6 is 0 Å². The Morgan fingerprint density at radius 2 is 0.455 bits per heavy atom. The minimum Gasteiger partial charge on any atom is -0.307 e. The van der Waals surface area contributed by atoms with E-state index >= 15 is 0 Å². The molecule has 0 N–H and O–H groups in total. The molecule has 0 fully saturated rings. The predicted molar refractivity (Wildman–Crippen MR) is 363 cm³/mol. The Morgan fingerprint density at radius 1 is 0.182 bits per heavy atom. The lowest BCUT2D eigenvalue weighted by Gasteiger charge is -2.22. The molecule has 0 aliphatic rings. The molecule has 0 bridgehead atoms. The second-order valence-corrected chi connectivity index (χ2v) is 23.0. The van der Waals surface area contributed by atoms with Gasteiger partial charge in [-0.3, -0.25) is 17.9 Å². The van der Waals surface area contributed by atoms with E-state index in [1.54, 1.807) is 0 Å². The number of imidazole rings is 4. The molecular formula is C80H50N8. The molecule has 0 aliphatic heterocycles. The van der Waals surface area contributed by atoms with Gasteiger partial charge in [0, 0.05) is 21.5 Å². The van der Waals surface area contributed by atoms with Crippen molar-refractivity contribution in [1.29, 1.82) is 0 Å². The van der Waals surface area contributed by atoms with Gasteiger partial charge in [-0.25, -0.2) is 9.97 Å². The number of hydrogen-bond donors (Lipinski definition) is 0. The van der Waals surface area contributed by atoms with Crippen molar-refractivity contribution in [3.05, 3.63) is 303 Å². The number of aromatic nitrogens is 8. The number of hydrogen-bond acceptors (Lipinski definition) is 2. The van der Waals surface area contributed by atoms with Crippen molar-refractivity contribution in [1.82, 2.24) is 37.0 Å². The molecule has 0 spiro atoms. The van der Waals surface area contributed by atoms with Crippen LogP contribution in [0.1, 0.15) is 0 Å². The summed E-state index contributed by atoms with van der Waals surface area (Å²) in [6, 6.07) is 110. The lowest BCUT2D eigenvalue weighted by atomic mass is 10.0. The molecule has 0 saturated carbocycles. The summed E-state index contributed by atoms with van der Waals surface area (Å²) < 4.78 is 14.6. The van der Waals surface area contributed by atoms with Gasteiger partial charge in [-0.1, -0.05) is 218 Å². The second-order valence-electron chi connectivity index (χ2n) is 23.0. The van der Waals surface area contributed by atoms with E-state index in [-0.39, 0.29) is 0 Å². The first-order valence-corrected chi connectivity index (χ1v) is 30.0. The predicted octanol–water partition coefficient (Wildman–Crippen LogP) is 20.0. The molecule has 410 valence electrons. The van der Waals surface area contributed by atoms with Crippen molar-refractivity contribution in [3.8, 4) is 67.3 Å². The van der Waals surface area contributed by atoms with Gasteiger partial charge < -0.3 is 9.13 Å². The maximum atomic E-state index is 5.75. The number of nitrogens with zero attached hydrogens (tertiary/aromatic N) is 8. The van der Waals surface area contributed by atoms with E-state index in [4.69, 9.17) is 9.97 Å². The second kappa shape index (κ2) is 18.7. The summed E-state index contributed by atoms with van der Waals surface area (Å²) in [4.78, 5) is 11.5. The van der Waals surface area contributed by atoms with Gasteiger partial charge in [-0.15, -0.1) is 0 Å². The minimum absolute atomic E-state index is 0.799. The molecule has 0 unspecified atom stereocenters. The monoisotopic (exact) mass is 1120 g/mol. The molecule has 19 aromatic rings. The highest BCUT2D eigenvalue weighted by atomic mass is 15.2. The lowest BCUT2D eigenvalue weighted by molar-refractivity contribution is 1.02. The Balaban J connectivity index is 1.02. The number of benzene rings is 13. The van der Waals surface area contributed by atoms with Crippen molar-refractivity contribution in [2.45, 2.75) is 0 Å². The van der Waals surface area contributed by atoms with Crippen molar-refractivity contribution in [2.24, 2.45) is 0 Å². The molecule has 88 heavy (non-hydrogen) atoms. The third-order valence-electron chi connectivity index (χ3n) is 18.2. The molecule has 0 aliphatic carbocycles. The average Bonchev–Trinajstić information content (AvgIpc) is 1.58. The van der Waals surface area contributed by atoms with Crippen LogP contribution in [0.15, 0.2) is 303 Å². The van der Waals surface area contributed by atoms with Gasteiger partial charge in [0.1, 0.15) is 0 Å². The summed E-state index contributed by atoms with van der Waals surface area (Å²) in [5.41, 5.74) is 25.3. The minimum atomic E-state index is 0.799. The molecule has 6 heterocycles. The Hall–Kier alpha value is -12.0. The van der Waals surface area contributed by atoms with Gasteiger partial charge in [-0.05, 0) is 129 Å². The third kappa shape index (κ3) is 7.08. The number of rotatable bonds is 8. The van der Waals surface area contributed by atoms with E-state index in [2.05, 4.69) is 330 Å². The van der Waals surface area contributed by atoms with E-state index in [9.17, 15) is 0 Å². The van der Waals surface area contributed by atoms with E-state index in [1.165, 1.54) is 21.5 Å². The summed E-state index contributed by atoms with van der Waals surface area (Å²) in [6.07, 6.45) is 0. The quantitative estimate of drug-likeness (QED) is 0.152. The van der Waals surface area contributed by atoms with Crippen LogP contribution in [-0.2, 0) is 0 Å². The zero-order valence-electron chi connectivity index (χ0n) is 47.4. The fourth-order valence-electron chi connectivity index (χ4n) is 14.2. The van der Waals surface area contributed by atoms with Crippen molar-refractivity contribution < 1.29 is 0 Å². The highest BCUT2D eigenvalue weighted by Gasteiger charge is 2.29. The smallest absolute Gasteiger partial charge is 0.220 e. The van der Waals surface area contributed by atoms with Crippen LogP contribution in [-0.4, -0.2) is 37.0 Å². The molecule has 0 radical (unpaired) electrons. The summed E-state index contributed by atoms with van der Waals surface area (Å²) >= 11 is 0. The molecule has 8 nitrogen and oxygen atoms in total. The largest absolute Gasteiger partial charge is 0.307 e. The van der Waals surface area contributed by atoms with Gasteiger partial charge in [0.15, 0.2) is 0 Å². The molecule has 0 saturated heterocycles. The van der Waals surface area contributed by atoms with Crippen molar-refractivity contribution in [3.63, 3.8) is 0 Å². The summed E-state index contributed by atoms with van der Waals surface area (Å²) in [5.74, 6) is 1.60. The Morgan fingerprint density at radius 3 is 0.784 bits per heavy atom. The number of fused-ring (bicyclic) bond motifs is 16. The van der Waals surface area contributed by atoms with E-state index < -0.39 is 0 Å². The summed E-state index contributed by atoms with van der Waals surface area (Å²) in [5, 5.41) is 4.70. The van der Waals surface area contributed by atoms with Crippen LogP contribution < -0.4 is 0 Å². The molecule has 19 rings (SSSR count). The zero-order valence-corrected chi connectivity index (χ0v) is 47.4. The Labute approximate surface area is 504 Å². The fourth-order valence-corrected chi connectivity index (χ4v) is 14.2. The Kier molecular flexibility index (Phi) is 10.3. The van der Waals surface area contributed by atoms with Crippen LogP contribution in [0.25, 0.3) is 167 Å². The maximum Gasteiger partial charge on any atom is 0.220 e. The molecule has 6 aromatic heterocycles. The van der Waals surface area contributed by atoms with Gasteiger partial charge >= 0.3 is 0 Å². The normalized spacial score (nSPS) is 12.1. The molecule has 0 amide bonds. The topological polar surface area (TPSA) is 54.3 Å². The summed E-state index contributed by atoms with van der Waals surface area (Å²) in [7, 11) is 0. The zero-order chi connectivity index (χ0) is 57.6. The highest BCUT2D eigenvalue weighted by molar-refractivity contribution is 6.12. The molecule has 0 atom stereocenters. The standard InChI is InChI=1S/C80H50N8/c1-5-21-51(22-6-1)55-37-41-63-71(45-55)87-73-47-57(53-25-9-3-10-26-53)39-43-69(73)85(79(87)81-63)77-50-78(86-70-44-40-58(54-27-11-4-12-28-54)48-74(70)88-72-46-56(52-23-7-2-8-24-52)38-42-64(72)82-80(86)88)76(84-67-35-19-15-31-61(67)62-32-16-20-36-68(62)84)49-75(77)83-65-33-17-13-29-59(65)60-30-14-18-34-66(60)83/h1-50H. The average molecular weight is 1120 g/mol. The Bertz CT molecular complexity index is 5560. The molecule has 8 heteroatoms. The first-order chi connectivity index (χ1) is 43.7. The first kappa shape index (κ1) is 48.4. The maximum absolute atomic E-state index is 5.75. The van der Waals surface area contributed by atoms with Gasteiger partial charge in [-0.2, -0.15) is 0 Å². The lowest BCUT2D eigenvalue weighted by Crippen LogP contribution is -2.10. The van der Waals surface area contributed by atoms with Gasteiger partial charge in [0.2, 0.25) is 11.6 Å². The van der Waals surface area contributed by atoms with Crippen LogP contribution in [0.4, 0.5) is 0 Å². The third-order valence-corrected chi connectivity index (χ3v) is 18.2. The van der Waals surface area contributed by atoms with E-state index in [0.29, 0.717) is 0 Å². The van der Waals surface area contributed by atoms with E-state index in [0.717, 1.165) is 145 Å². The van der Waals surface area contributed by atoms with Gasteiger partial charge in [0.25, 0.3) is 0 Å². The molecule has 13 aromatic carbocycles. The van der Waals surface area contributed by atoms with Crippen molar-refractivity contribution in [2.75, 3.05) is 0 Å². The van der Waals surface area contributed by atoms with Crippen LogP contribution in [0.2, 0.25) is 0 Å². The molecular weight excluding hydrogens is 1070 g/mol. The van der Waals surface area contributed by atoms with Crippen LogP contribution in [0, 0.1) is 0 Å². The summed E-state index contributed by atoms with van der Waals surface area (Å²) in [6.45, 7) is 0. The fraction of sp³-hybridized carbons (Fsp3) is 0. The number of para-hydroxylation sites is 4. The van der Waals surface area contributed by atoms with Crippen molar-refractivity contribution >= 4 is 99.3 Å². The first-order valence-electron chi connectivity index (χ1n) is 30.0. The highest BCUT2D eigenvalue weighted by Crippen LogP contribution is 2.45. The van der Waals surface area contributed by atoms with Crippen LogP contribution in [0.3, 0.4) is 0 Å². The van der Waals surface area contributed by atoms with Crippen LogP contribution in [0.5, 0.6) is 0 Å².